The van der Waals surface area contributed by atoms with Gasteiger partial charge in [0.1, 0.15) is 0 Å². The lowest BCUT2D eigenvalue weighted by atomic mass is 9.98. The van der Waals surface area contributed by atoms with Crippen LogP contribution in [0.4, 0.5) is 5.69 Å². The van der Waals surface area contributed by atoms with Crippen LogP contribution in [0.2, 0.25) is 0 Å². The molecule has 6 heteroatoms. The molecule has 26 heavy (non-hydrogen) atoms. The van der Waals surface area contributed by atoms with E-state index in [-0.39, 0.29) is 23.3 Å². The van der Waals surface area contributed by atoms with Gasteiger partial charge in [-0.3, -0.25) is 4.79 Å². The van der Waals surface area contributed by atoms with Gasteiger partial charge < -0.3 is 5.32 Å². The Morgan fingerprint density at radius 3 is 2.46 bits per heavy atom. The Morgan fingerprint density at radius 2 is 1.77 bits per heavy atom. The maximum atomic E-state index is 12.9. The fourth-order valence-corrected chi connectivity index (χ4v) is 4.71. The van der Waals surface area contributed by atoms with Gasteiger partial charge in [-0.15, -0.1) is 0 Å². The molecule has 1 unspecified atom stereocenters. The Kier molecular flexibility index (Phi) is 5.44. The summed E-state index contributed by atoms with van der Waals surface area (Å²) < 4.78 is 27.2. The van der Waals surface area contributed by atoms with Crippen molar-refractivity contribution in [3.8, 4) is 0 Å². The van der Waals surface area contributed by atoms with Gasteiger partial charge in [0.15, 0.2) is 0 Å². The van der Waals surface area contributed by atoms with Crippen LogP contribution in [0.5, 0.6) is 0 Å². The number of carbonyl (C=O) groups excluding carboxylic acids is 1. The van der Waals surface area contributed by atoms with E-state index in [2.05, 4.69) is 5.32 Å². The normalized spacial score (nSPS) is 18.5. The molecule has 1 N–H and O–H groups in total. The van der Waals surface area contributed by atoms with E-state index in [4.69, 9.17) is 0 Å². The average Bonchev–Trinajstić information content (AvgIpc) is 2.64. The van der Waals surface area contributed by atoms with Crippen LogP contribution in [-0.4, -0.2) is 31.7 Å². The number of hydrogen-bond acceptors (Lipinski definition) is 3. The van der Waals surface area contributed by atoms with Crippen molar-refractivity contribution in [2.45, 2.75) is 31.6 Å². The molecule has 1 heterocycles. The predicted molar refractivity (Wildman–Crippen MR) is 102 cm³/mol. The van der Waals surface area contributed by atoms with E-state index in [1.807, 2.05) is 38.1 Å². The first kappa shape index (κ1) is 18.6. The molecule has 0 saturated carbocycles. The molecule has 2 aromatic carbocycles. The lowest BCUT2D eigenvalue weighted by molar-refractivity contribution is -0.120. The van der Waals surface area contributed by atoms with Crippen molar-refractivity contribution in [3.63, 3.8) is 0 Å². The van der Waals surface area contributed by atoms with Gasteiger partial charge in [0.05, 0.1) is 10.8 Å². The van der Waals surface area contributed by atoms with Crippen LogP contribution < -0.4 is 5.32 Å². The Hall–Kier alpha value is -2.18. The molecule has 1 atom stereocenters. The summed E-state index contributed by atoms with van der Waals surface area (Å²) in [6, 6.07) is 14.4. The molecule has 2 aromatic rings. The minimum absolute atomic E-state index is 0.122. The van der Waals surface area contributed by atoms with Gasteiger partial charge in [0.2, 0.25) is 15.9 Å². The average molecular weight is 372 g/mol. The molecule has 0 spiro atoms. The quantitative estimate of drug-likeness (QED) is 0.895. The summed E-state index contributed by atoms with van der Waals surface area (Å²) in [7, 11) is -3.57. The van der Waals surface area contributed by atoms with Gasteiger partial charge in [0.25, 0.3) is 0 Å². The highest BCUT2D eigenvalue weighted by Gasteiger charge is 2.33. The maximum absolute atomic E-state index is 12.9. The fraction of sp³-hybridized carbons (Fsp3) is 0.350. The summed E-state index contributed by atoms with van der Waals surface area (Å²) in [4.78, 5) is 12.9. The fourth-order valence-electron chi connectivity index (χ4n) is 3.18. The summed E-state index contributed by atoms with van der Waals surface area (Å²) in [5, 5.41) is 2.94. The van der Waals surface area contributed by atoms with Crippen molar-refractivity contribution in [2.75, 3.05) is 18.4 Å². The lowest BCUT2D eigenvalue weighted by Gasteiger charge is -2.31. The van der Waals surface area contributed by atoms with Gasteiger partial charge in [0, 0.05) is 18.8 Å². The molecule has 3 rings (SSSR count). The van der Waals surface area contributed by atoms with Gasteiger partial charge in [-0.05, 0) is 50.5 Å². The first-order valence-corrected chi connectivity index (χ1v) is 10.3. The van der Waals surface area contributed by atoms with E-state index in [1.54, 1.807) is 24.3 Å². The third-order valence-electron chi connectivity index (χ3n) is 4.82. The molecule has 1 aliphatic rings. The molecule has 1 fully saturated rings. The number of hydrogen-bond donors (Lipinski definition) is 1. The van der Waals surface area contributed by atoms with Gasteiger partial charge in [-0.2, -0.15) is 4.31 Å². The minimum Gasteiger partial charge on any atom is -0.326 e. The van der Waals surface area contributed by atoms with Crippen molar-refractivity contribution >= 4 is 21.6 Å². The summed E-state index contributed by atoms with van der Waals surface area (Å²) in [5.74, 6) is -0.466. The molecule has 1 saturated heterocycles. The van der Waals surface area contributed by atoms with Crippen LogP contribution in [0.1, 0.15) is 24.0 Å². The van der Waals surface area contributed by atoms with Crippen LogP contribution in [-0.2, 0) is 14.8 Å². The van der Waals surface area contributed by atoms with Crippen molar-refractivity contribution in [1.29, 1.82) is 0 Å². The molecule has 138 valence electrons. The summed E-state index contributed by atoms with van der Waals surface area (Å²) in [6.07, 6.45) is 1.37. The second-order valence-corrected chi connectivity index (χ2v) is 8.76. The number of para-hydroxylation sites is 1. The van der Waals surface area contributed by atoms with E-state index in [9.17, 15) is 13.2 Å². The third kappa shape index (κ3) is 3.97. The third-order valence-corrected chi connectivity index (χ3v) is 6.70. The van der Waals surface area contributed by atoms with E-state index in [1.165, 1.54) is 4.31 Å². The largest absolute Gasteiger partial charge is 0.326 e. The summed E-state index contributed by atoms with van der Waals surface area (Å²) in [6.45, 7) is 4.52. The van der Waals surface area contributed by atoms with E-state index >= 15 is 0 Å². The number of carbonyl (C=O) groups is 1. The second kappa shape index (κ2) is 7.60. The SMILES string of the molecule is Cc1ccc(S(=O)(=O)N2CCCC(C(=O)Nc3ccccc3C)C2)cc1. The van der Waals surface area contributed by atoms with Crippen molar-refractivity contribution in [1.82, 2.24) is 4.31 Å². The number of nitrogens with zero attached hydrogens (tertiary/aromatic N) is 1. The number of anilines is 1. The standard InChI is InChI=1S/C20H24N2O3S/c1-15-9-11-18(12-10-15)26(24,25)22-13-5-7-17(14-22)20(23)21-19-8-4-3-6-16(19)2/h3-4,6,8-12,17H,5,7,13-14H2,1-2H3,(H,21,23). The topological polar surface area (TPSA) is 66.5 Å². The second-order valence-electron chi connectivity index (χ2n) is 6.82. The van der Waals surface area contributed by atoms with Crippen molar-refractivity contribution in [3.05, 3.63) is 59.7 Å². The molecule has 0 aliphatic carbocycles. The minimum atomic E-state index is -3.57. The highest BCUT2D eigenvalue weighted by Crippen LogP contribution is 2.25. The first-order chi connectivity index (χ1) is 12.4. The Morgan fingerprint density at radius 1 is 1.08 bits per heavy atom. The highest BCUT2D eigenvalue weighted by atomic mass is 32.2. The highest BCUT2D eigenvalue weighted by molar-refractivity contribution is 7.89. The van der Waals surface area contributed by atoms with E-state index in [0.29, 0.717) is 19.4 Å². The number of piperidine rings is 1. The summed E-state index contributed by atoms with van der Waals surface area (Å²) in [5.41, 5.74) is 2.77. The predicted octanol–water partition coefficient (Wildman–Crippen LogP) is 3.34. The number of nitrogens with one attached hydrogen (secondary N) is 1. The van der Waals surface area contributed by atoms with Crippen LogP contribution >= 0.6 is 0 Å². The van der Waals surface area contributed by atoms with E-state index in [0.717, 1.165) is 16.8 Å². The van der Waals surface area contributed by atoms with Gasteiger partial charge in [-0.25, -0.2) is 8.42 Å². The molecular weight excluding hydrogens is 348 g/mol. The zero-order chi connectivity index (χ0) is 18.7. The number of sulfonamides is 1. The van der Waals surface area contributed by atoms with Crippen molar-refractivity contribution in [2.24, 2.45) is 5.92 Å². The maximum Gasteiger partial charge on any atom is 0.243 e. The molecule has 5 nitrogen and oxygen atoms in total. The van der Waals surface area contributed by atoms with E-state index < -0.39 is 10.0 Å². The zero-order valence-electron chi connectivity index (χ0n) is 15.1. The number of rotatable bonds is 4. The summed E-state index contributed by atoms with van der Waals surface area (Å²) >= 11 is 0. The van der Waals surface area contributed by atoms with Crippen molar-refractivity contribution < 1.29 is 13.2 Å². The molecule has 1 amide bonds. The molecule has 0 aromatic heterocycles. The lowest BCUT2D eigenvalue weighted by Crippen LogP contribution is -2.43. The Bertz CT molecular complexity index is 892. The van der Waals surface area contributed by atoms with Gasteiger partial charge in [-0.1, -0.05) is 35.9 Å². The Labute approximate surface area is 155 Å². The molecular formula is C20H24N2O3S. The van der Waals surface area contributed by atoms with Crippen LogP contribution in [0, 0.1) is 19.8 Å². The smallest absolute Gasteiger partial charge is 0.243 e. The van der Waals surface area contributed by atoms with Gasteiger partial charge >= 0.3 is 0 Å². The zero-order valence-corrected chi connectivity index (χ0v) is 15.9. The van der Waals surface area contributed by atoms with Crippen LogP contribution in [0.15, 0.2) is 53.4 Å². The number of benzene rings is 2. The molecule has 0 radical (unpaired) electrons. The monoisotopic (exact) mass is 372 g/mol. The Balaban J connectivity index is 1.73. The number of amides is 1. The molecule has 0 bridgehead atoms. The first-order valence-electron chi connectivity index (χ1n) is 8.81. The van der Waals surface area contributed by atoms with Crippen LogP contribution in [0.25, 0.3) is 0 Å². The molecule has 1 aliphatic heterocycles. The van der Waals surface area contributed by atoms with Crippen LogP contribution in [0.3, 0.4) is 0 Å². The number of aryl methyl sites for hydroxylation is 2.